The van der Waals surface area contributed by atoms with Gasteiger partial charge in [0.2, 0.25) is 0 Å². The SMILES string of the molecule is COc1cncc(-c2ccc3nc(Nc4ccc(-n5cccn5)cc4)sc3c2)c1. The van der Waals surface area contributed by atoms with Gasteiger partial charge in [-0.15, -0.1) is 0 Å². The molecule has 1 N–H and O–H groups in total. The Labute approximate surface area is 171 Å². The highest BCUT2D eigenvalue weighted by Crippen LogP contribution is 2.32. The number of benzene rings is 2. The minimum absolute atomic E-state index is 0.743. The van der Waals surface area contributed by atoms with E-state index in [-0.39, 0.29) is 0 Å². The Morgan fingerprint density at radius 1 is 1.00 bits per heavy atom. The topological polar surface area (TPSA) is 64.9 Å². The highest BCUT2D eigenvalue weighted by Gasteiger charge is 2.08. The lowest BCUT2D eigenvalue weighted by Gasteiger charge is -2.04. The van der Waals surface area contributed by atoms with Gasteiger partial charge in [-0.05, 0) is 54.1 Å². The van der Waals surface area contributed by atoms with Gasteiger partial charge in [-0.3, -0.25) is 4.98 Å². The summed E-state index contributed by atoms with van der Waals surface area (Å²) < 4.78 is 8.22. The maximum absolute atomic E-state index is 5.28. The van der Waals surface area contributed by atoms with E-state index in [1.807, 2.05) is 59.5 Å². The van der Waals surface area contributed by atoms with Crippen LogP contribution in [0, 0.1) is 0 Å². The predicted octanol–water partition coefficient (Wildman–Crippen LogP) is 5.30. The van der Waals surface area contributed by atoms with Crippen LogP contribution in [0.5, 0.6) is 5.75 Å². The summed E-state index contributed by atoms with van der Waals surface area (Å²) in [4.78, 5) is 8.94. The van der Waals surface area contributed by atoms with Crippen LogP contribution in [-0.4, -0.2) is 26.9 Å². The van der Waals surface area contributed by atoms with Crippen LogP contribution in [0.4, 0.5) is 10.8 Å². The quantitative estimate of drug-likeness (QED) is 0.435. The Morgan fingerprint density at radius 3 is 2.69 bits per heavy atom. The number of pyridine rings is 1. The number of ether oxygens (including phenoxy) is 1. The Bertz CT molecular complexity index is 1260. The van der Waals surface area contributed by atoms with Gasteiger partial charge < -0.3 is 10.1 Å². The van der Waals surface area contributed by atoms with Gasteiger partial charge in [0.25, 0.3) is 0 Å². The van der Waals surface area contributed by atoms with Crippen molar-refractivity contribution in [2.24, 2.45) is 0 Å². The number of fused-ring (bicyclic) bond motifs is 1. The van der Waals surface area contributed by atoms with Gasteiger partial charge in [0, 0.05) is 29.8 Å². The van der Waals surface area contributed by atoms with Crippen LogP contribution >= 0.6 is 11.3 Å². The fraction of sp³-hybridized carbons (Fsp3) is 0.0455. The lowest BCUT2D eigenvalue weighted by Crippen LogP contribution is -1.94. The summed E-state index contributed by atoms with van der Waals surface area (Å²) in [7, 11) is 1.65. The van der Waals surface area contributed by atoms with E-state index in [1.165, 1.54) is 0 Å². The van der Waals surface area contributed by atoms with Crippen molar-refractivity contribution >= 4 is 32.4 Å². The van der Waals surface area contributed by atoms with E-state index < -0.39 is 0 Å². The molecule has 7 heteroatoms. The van der Waals surface area contributed by atoms with Crippen molar-refractivity contribution in [3.05, 3.63) is 79.4 Å². The summed E-state index contributed by atoms with van der Waals surface area (Å²) in [5, 5.41) is 8.49. The van der Waals surface area contributed by atoms with Gasteiger partial charge in [-0.1, -0.05) is 17.4 Å². The first-order valence-corrected chi connectivity index (χ1v) is 9.87. The average Bonchev–Trinajstić information content (AvgIpc) is 3.43. The van der Waals surface area contributed by atoms with E-state index in [1.54, 1.807) is 30.8 Å². The van der Waals surface area contributed by atoms with Crippen LogP contribution in [-0.2, 0) is 0 Å². The summed E-state index contributed by atoms with van der Waals surface area (Å²) in [6.45, 7) is 0. The van der Waals surface area contributed by atoms with Crippen molar-refractivity contribution in [3.63, 3.8) is 0 Å². The van der Waals surface area contributed by atoms with Crippen LogP contribution < -0.4 is 10.1 Å². The zero-order valence-electron chi connectivity index (χ0n) is 15.6. The number of hydrogen-bond donors (Lipinski definition) is 1. The third-order valence-corrected chi connectivity index (χ3v) is 5.49. The molecule has 0 fully saturated rings. The minimum Gasteiger partial charge on any atom is -0.495 e. The molecule has 0 radical (unpaired) electrons. The molecule has 3 aromatic heterocycles. The van der Waals surface area contributed by atoms with E-state index in [0.29, 0.717) is 0 Å². The molecule has 29 heavy (non-hydrogen) atoms. The first-order chi connectivity index (χ1) is 14.3. The molecular formula is C22H17N5OS. The van der Waals surface area contributed by atoms with E-state index in [2.05, 4.69) is 27.5 Å². The molecule has 0 spiro atoms. The number of aromatic nitrogens is 4. The normalized spacial score (nSPS) is 10.9. The van der Waals surface area contributed by atoms with Crippen molar-refractivity contribution in [3.8, 4) is 22.6 Å². The van der Waals surface area contributed by atoms with Crippen molar-refractivity contribution in [2.75, 3.05) is 12.4 Å². The molecule has 0 unspecified atom stereocenters. The number of nitrogens with one attached hydrogen (secondary N) is 1. The summed E-state index contributed by atoms with van der Waals surface area (Å²) in [6.07, 6.45) is 7.23. The second kappa shape index (κ2) is 7.37. The maximum Gasteiger partial charge on any atom is 0.188 e. The van der Waals surface area contributed by atoms with Gasteiger partial charge in [0.1, 0.15) is 5.75 Å². The summed E-state index contributed by atoms with van der Waals surface area (Å²) in [5.41, 5.74) is 5.06. The Kier molecular flexibility index (Phi) is 4.42. The highest BCUT2D eigenvalue weighted by atomic mass is 32.1. The van der Waals surface area contributed by atoms with Gasteiger partial charge in [-0.2, -0.15) is 5.10 Å². The summed E-state index contributed by atoms with van der Waals surface area (Å²) >= 11 is 1.62. The largest absolute Gasteiger partial charge is 0.495 e. The summed E-state index contributed by atoms with van der Waals surface area (Å²) in [5.74, 6) is 0.743. The zero-order chi connectivity index (χ0) is 19.6. The summed E-state index contributed by atoms with van der Waals surface area (Å²) in [6, 6.07) is 18.2. The molecule has 5 rings (SSSR count). The second-order valence-corrected chi connectivity index (χ2v) is 7.47. The maximum atomic E-state index is 5.28. The number of rotatable bonds is 5. The standard InChI is InChI=1S/C22H17N5OS/c1-28-19-11-16(13-23-14-19)15-3-8-20-21(12-15)29-22(26-20)25-17-4-6-18(7-5-17)27-10-2-9-24-27/h2-14H,1H3,(H,25,26). The molecule has 0 aliphatic heterocycles. The molecule has 0 saturated carbocycles. The molecule has 0 saturated heterocycles. The Balaban J connectivity index is 1.40. The Hall–Kier alpha value is -3.71. The van der Waals surface area contributed by atoms with Crippen molar-refractivity contribution in [1.29, 1.82) is 0 Å². The van der Waals surface area contributed by atoms with Crippen LogP contribution in [0.2, 0.25) is 0 Å². The monoisotopic (exact) mass is 399 g/mol. The third kappa shape index (κ3) is 3.55. The fourth-order valence-corrected chi connectivity index (χ4v) is 4.01. The average molecular weight is 399 g/mol. The molecule has 0 bridgehead atoms. The van der Waals surface area contributed by atoms with Gasteiger partial charge >= 0.3 is 0 Å². The number of hydrogen-bond acceptors (Lipinski definition) is 6. The van der Waals surface area contributed by atoms with Gasteiger partial charge in [0.15, 0.2) is 5.13 Å². The van der Waals surface area contributed by atoms with Crippen molar-refractivity contribution in [1.82, 2.24) is 19.7 Å². The van der Waals surface area contributed by atoms with Crippen LogP contribution in [0.3, 0.4) is 0 Å². The first kappa shape index (κ1) is 17.4. The smallest absolute Gasteiger partial charge is 0.188 e. The lowest BCUT2D eigenvalue weighted by atomic mass is 10.1. The van der Waals surface area contributed by atoms with Gasteiger partial charge in [-0.25, -0.2) is 9.67 Å². The molecule has 2 aromatic carbocycles. The fourth-order valence-electron chi connectivity index (χ4n) is 3.09. The van der Waals surface area contributed by atoms with Crippen LogP contribution in [0.1, 0.15) is 0 Å². The van der Waals surface area contributed by atoms with E-state index in [0.717, 1.165) is 43.6 Å². The van der Waals surface area contributed by atoms with Crippen LogP contribution in [0.25, 0.3) is 27.0 Å². The zero-order valence-corrected chi connectivity index (χ0v) is 16.4. The lowest BCUT2D eigenvalue weighted by molar-refractivity contribution is 0.413. The molecule has 0 amide bonds. The molecule has 6 nitrogen and oxygen atoms in total. The third-order valence-electron chi connectivity index (χ3n) is 4.56. The second-order valence-electron chi connectivity index (χ2n) is 6.44. The van der Waals surface area contributed by atoms with Crippen LogP contribution in [0.15, 0.2) is 79.4 Å². The molecular weight excluding hydrogens is 382 g/mol. The van der Waals surface area contributed by atoms with E-state index in [4.69, 9.17) is 9.72 Å². The number of thiazole rings is 1. The minimum atomic E-state index is 0.743. The molecule has 3 heterocycles. The number of anilines is 2. The van der Waals surface area contributed by atoms with Crippen molar-refractivity contribution < 1.29 is 4.74 Å². The molecule has 5 aromatic rings. The molecule has 0 aliphatic rings. The molecule has 0 aliphatic carbocycles. The highest BCUT2D eigenvalue weighted by molar-refractivity contribution is 7.22. The first-order valence-electron chi connectivity index (χ1n) is 9.06. The predicted molar refractivity (Wildman–Crippen MR) is 116 cm³/mol. The van der Waals surface area contributed by atoms with Crippen molar-refractivity contribution in [2.45, 2.75) is 0 Å². The van der Waals surface area contributed by atoms with E-state index >= 15 is 0 Å². The van der Waals surface area contributed by atoms with Gasteiger partial charge in [0.05, 0.1) is 29.2 Å². The Morgan fingerprint density at radius 2 is 1.90 bits per heavy atom. The molecule has 142 valence electrons. The molecule has 0 atom stereocenters. The number of nitrogens with zero attached hydrogens (tertiary/aromatic N) is 4. The van der Waals surface area contributed by atoms with E-state index in [9.17, 15) is 0 Å². The number of methoxy groups -OCH3 is 1.